The fourth-order valence-corrected chi connectivity index (χ4v) is 2.60. The zero-order chi connectivity index (χ0) is 18.1. The lowest BCUT2D eigenvalue weighted by Crippen LogP contribution is -2.23. The monoisotopic (exact) mass is 359 g/mol. The van der Waals surface area contributed by atoms with Crippen LogP contribution in [-0.4, -0.2) is 23.6 Å². The largest absolute Gasteiger partial charge is 0.496 e. The molecule has 7 nitrogen and oxygen atoms in total. The number of hydrogen-bond donors (Lipinski definition) is 0. The normalized spacial score (nSPS) is 13.5. The van der Waals surface area contributed by atoms with E-state index in [1.54, 1.807) is 12.1 Å². The third kappa shape index (κ3) is 2.85. The average Bonchev–Trinajstić information content (AvgIpc) is 2.63. The second-order valence-corrected chi connectivity index (χ2v) is 5.42. The van der Waals surface area contributed by atoms with Crippen molar-refractivity contribution in [3.63, 3.8) is 0 Å². The van der Waals surface area contributed by atoms with Crippen LogP contribution < -0.4 is 9.47 Å². The van der Waals surface area contributed by atoms with Gasteiger partial charge in [-0.2, -0.15) is 0 Å². The van der Waals surface area contributed by atoms with Crippen molar-refractivity contribution in [1.29, 1.82) is 0 Å². The Labute approximate surface area is 146 Å². The molecule has 0 amide bonds. The lowest BCUT2D eigenvalue weighted by molar-refractivity contribution is -0.385. The molecule has 0 saturated carbocycles. The Hall–Kier alpha value is -3.19. The molecule has 0 unspecified atom stereocenters. The van der Waals surface area contributed by atoms with Crippen LogP contribution in [0.4, 0.5) is 5.69 Å². The van der Waals surface area contributed by atoms with Crippen molar-refractivity contribution in [2.24, 2.45) is 0 Å². The number of nitro benzene ring substituents is 1. The number of allylic oxidation sites excluding steroid dienone is 2. The summed E-state index contributed by atoms with van der Waals surface area (Å²) < 4.78 is 10.3. The third-order valence-corrected chi connectivity index (χ3v) is 3.94. The molecule has 1 aliphatic carbocycles. The van der Waals surface area contributed by atoms with Gasteiger partial charge in [-0.1, -0.05) is 35.9 Å². The van der Waals surface area contributed by atoms with Gasteiger partial charge in [0.2, 0.25) is 17.3 Å². The third-order valence-electron chi connectivity index (χ3n) is 3.60. The van der Waals surface area contributed by atoms with Crippen molar-refractivity contribution in [3.8, 4) is 11.5 Å². The smallest absolute Gasteiger partial charge is 0.315 e. The summed E-state index contributed by atoms with van der Waals surface area (Å²) in [5.74, 6) is -1.62. The van der Waals surface area contributed by atoms with E-state index in [2.05, 4.69) is 0 Å². The Morgan fingerprint density at radius 3 is 2.28 bits per heavy atom. The number of Topliss-reactive ketones (excluding diaryl/α,β-unsaturated/α-hetero) is 2. The molecule has 2 aromatic carbocycles. The molecule has 0 radical (unpaired) electrons. The minimum Gasteiger partial charge on any atom is -0.496 e. The highest BCUT2D eigenvalue weighted by Crippen LogP contribution is 2.36. The molecule has 2 aromatic rings. The van der Waals surface area contributed by atoms with E-state index >= 15 is 0 Å². The zero-order valence-electron chi connectivity index (χ0n) is 12.8. The number of nitrogens with zero attached hydrogens (tertiary/aromatic N) is 1. The highest BCUT2D eigenvalue weighted by atomic mass is 35.5. The summed E-state index contributed by atoms with van der Waals surface area (Å²) in [4.78, 5) is 35.4. The molecular weight excluding hydrogens is 350 g/mol. The van der Waals surface area contributed by atoms with E-state index in [9.17, 15) is 19.7 Å². The first kappa shape index (κ1) is 16.7. The van der Waals surface area contributed by atoms with Gasteiger partial charge in [0.25, 0.3) is 0 Å². The Kier molecular flexibility index (Phi) is 4.24. The molecular formula is C17H10ClNO6. The highest BCUT2D eigenvalue weighted by Gasteiger charge is 2.34. The molecule has 126 valence electrons. The topological polar surface area (TPSA) is 95.7 Å². The van der Waals surface area contributed by atoms with E-state index in [0.717, 1.165) is 6.07 Å². The molecule has 0 aromatic heterocycles. The van der Waals surface area contributed by atoms with Gasteiger partial charge >= 0.3 is 5.69 Å². The average molecular weight is 360 g/mol. The van der Waals surface area contributed by atoms with Gasteiger partial charge in [-0.15, -0.1) is 0 Å². The maximum atomic E-state index is 12.6. The number of hydrogen-bond acceptors (Lipinski definition) is 6. The quantitative estimate of drug-likeness (QED) is 0.612. The van der Waals surface area contributed by atoms with Crippen LogP contribution in [0.25, 0.3) is 0 Å². The molecule has 0 N–H and O–H groups in total. The summed E-state index contributed by atoms with van der Waals surface area (Å²) >= 11 is 5.99. The van der Waals surface area contributed by atoms with Crippen LogP contribution in [-0.2, 0) is 0 Å². The van der Waals surface area contributed by atoms with Crippen molar-refractivity contribution in [2.45, 2.75) is 0 Å². The number of carbonyl (C=O) groups is 2. The minimum atomic E-state index is -0.685. The summed E-state index contributed by atoms with van der Waals surface area (Å²) in [6.07, 6.45) is 0. The number of methoxy groups -OCH3 is 1. The Morgan fingerprint density at radius 1 is 1.04 bits per heavy atom. The number of rotatable bonds is 4. The molecule has 8 heteroatoms. The lowest BCUT2D eigenvalue weighted by Gasteiger charge is -2.17. The van der Waals surface area contributed by atoms with E-state index in [4.69, 9.17) is 21.1 Å². The first-order chi connectivity index (χ1) is 11.9. The predicted octanol–water partition coefficient (Wildman–Crippen LogP) is 3.51. The van der Waals surface area contributed by atoms with Crippen LogP contribution in [0, 0.1) is 10.1 Å². The highest BCUT2D eigenvalue weighted by molar-refractivity contribution is 6.49. The number of carbonyl (C=O) groups excluding carboxylic acids is 2. The maximum absolute atomic E-state index is 12.6. The van der Waals surface area contributed by atoms with Crippen LogP contribution in [0.3, 0.4) is 0 Å². The number of benzene rings is 2. The van der Waals surface area contributed by atoms with Crippen molar-refractivity contribution in [3.05, 3.63) is 74.5 Å². The van der Waals surface area contributed by atoms with Gasteiger partial charge in [-0.25, -0.2) is 0 Å². The van der Waals surface area contributed by atoms with Crippen molar-refractivity contribution >= 4 is 28.9 Å². The van der Waals surface area contributed by atoms with E-state index in [1.165, 1.54) is 31.4 Å². The van der Waals surface area contributed by atoms with Crippen LogP contribution in [0.5, 0.6) is 11.5 Å². The summed E-state index contributed by atoms with van der Waals surface area (Å²) in [5.41, 5.74) is -0.132. The number of halogens is 1. The Morgan fingerprint density at radius 2 is 1.68 bits per heavy atom. The van der Waals surface area contributed by atoms with Gasteiger partial charge in [-0.3, -0.25) is 19.7 Å². The molecule has 0 fully saturated rings. The van der Waals surface area contributed by atoms with E-state index in [1.807, 2.05) is 0 Å². The first-order valence-corrected chi connectivity index (χ1v) is 7.40. The van der Waals surface area contributed by atoms with Crippen molar-refractivity contribution in [1.82, 2.24) is 0 Å². The van der Waals surface area contributed by atoms with Gasteiger partial charge in [0.1, 0.15) is 10.8 Å². The number of ketones is 2. The molecule has 0 bridgehead atoms. The van der Waals surface area contributed by atoms with Crippen molar-refractivity contribution < 1.29 is 24.0 Å². The Bertz CT molecular complexity index is 950. The standard InChI is InChI=1S/C17H10ClNO6/c1-24-9-6-7-13(12(8-9)19(22)23)25-17-14(18)15(20)10-4-2-3-5-11(10)16(17)21/h2-8H,1H3. The molecule has 0 spiro atoms. The molecule has 0 heterocycles. The summed E-state index contributed by atoms with van der Waals surface area (Å²) in [6, 6.07) is 9.99. The molecule has 0 atom stereocenters. The fourth-order valence-electron chi connectivity index (χ4n) is 2.38. The molecule has 0 saturated heterocycles. The van der Waals surface area contributed by atoms with Gasteiger partial charge in [0, 0.05) is 11.1 Å². The fraction of sp³-hybridized carbons (Fsp3) is 0.0588. The number of nitro groups is 1. The lowest BCUT2D eigenvalue weighted by atomic mass is 9.93. The maximum Gasteiger partial charge on any atom is 0.315 e. The van der Waals surface area contributed by atoms with E-state index < -0.39 is 33.0 Å². The van der Waals surface area contributed by atoms with Crippen LogP contribution in [0.2, 0.25) is 0 Å². The summed E-state index contributed by atoms with van der Waals surface area (Å²) in [5, 5.41) is 10.8. The molecule has 1 aliphatic rings. The SMILES string of the molecule is COc1ccc(OC2=C(Cl)C(=O)c3ccccc3C2=O)c([N+](=O)[O-])c1. The van der Waals surface area contributed by atoms with Gasteiger partial charge in [0.05, 0.1) is 18.1 Å². The number of fused-ring (bicyclic) bond motifs is 1. The van der Waals surface area contributed by atoms with Crippen molar-refractivity contribution in [2.75, 3.05) is 7.11 Å². The van der Waals surface area contributed by atoms with Gasteiger partial charge < -0.3 is 9.47 Å². The zero-order valence-corrected chi connectivity index (χ0v) is 13.6. The minimum absolute atomic E-state index is 0.128. The van der Waals surface area contributed by atoms with Crippen LogP contribution in [0.1, 0.15) is 20.7 Å². The molecule has 3 rings (SSSR count). The second-order valence-electron chi connectivity index (χ2n) is 5.04. The van der Waals surface area contributed by atoms with E-state index in [-0.39, 0.29) is 22.6 Å². The Balaban J connectivity index is 2.07. The number of ether oxygens (including phenoxy) is 2. The summed E-state index contributed by atoms with van der Waals surface area (Å²) in [6.45, 7) is 0. The first-order valence-electron chi connectivity index (χ1n) is 7.02. The molecule has 25 heavy (non-hydrogen) atoms. The van der Waals surface area contributed by atoms with Gasteiger partial charge in [0.15, 0.2) is 5.76 Å². The second kappa shape index (κ2) is 6.37. The predicted molar refractivity (Wildman–Crippen MR) is 88.3 cm³/mol. The van der Waals surface area contributed by atoms with E-state index in [0.29, 0.717) is 0 Å². The van der Waals surface area contributed by atoms with Crippen LogP contribution in [0.15, 0.2) is 53.3 Å². The van der Waals surface area contributed by atoms with Gasteiger partial charge in [-0.05, 0) is 12.1 Å². The summed E-state index contributed by atoms with van der Waals surface area (Å²) in [7, 11) is 1.36. The molecule has 0 aliphatic heterocycles. The van der Waals surface area contributed by atoms with Crippen LogP contribution >= 0.6 is 11.6 Å².